The third-order valence-corrected chi connectivity index (χ3v) is 4.97. The first-order chi connectivity index (χ1) is 10.0. The number of sulfonamides is 1. The number of anilines is 1. The molecule has 0 bridgehead atoms. The maximum atomic E-state index is 12.2. The van der Waals surface area contributed by atoms with Crippen LogP contribution in [0.15, 0.2) is 17.2 Å². The van der Waals surface area contributed by atoms with Crippen molar-refractivity contribution in [3.8, 4) is 0 Å². The molecule has 0 spiro atoms. The lowest BCUT2D eigenvalue weighted by molar-refractivity contribution is 0.105. The molecular formula is C13H20ClN3O3S. The van der Waals surface area contributed by atoms with Crippen molar-refractivity contribution in [2.24, 2.45) is 0 Å². The lowest BCUT2D eigenvalue weighted by Crippen LogP contribution is -2.27. The van der Waals surface area contributed by atoms with Gasteiger partial charge in [-0.1, -0.05) is 11.6 Å². The Kier molecular flexibility index (Phi) is 5.80. The summed E-state index contributed by atoms with van der Waals surface area (Å²) >= 11 is 6.01. The summed E-state index contributed by atoms with van der Waals surface area (Å²) in [6.45, 7) is 3.69. The van der Waals surface area contributed by atoms with Crippen LogP contribution in [0.3, 0.4) is 0 Å². The molecule has 1 aliphatic rings. The molecule has 0 aromatic carbocycles. The first kappa shape index (κ1) is 16.5. The Morgan fingerprint density at radius 1 is 1.52 bits per heavy atom. The molecular weight excluding hydrogens is 314 g/mol. The van der Waals surface area contributed by atoms with Gasteiger partial charge in [-0.25, -0.2) is 18.1 Å². The third-order valence-electron chi connectivity index (χ3n) is 3.25. The molecule has 6 nitrogen and oxygen atoms in total. The van der Waals surface area contributed by atoms with Crippen molar-refractivity contribution >= 4 is 27.4 Å². The van der Waals surface area contributed by atoms with Crippen molar-refractivity contribution in [3.63, 3.8) is 0 Å². The smallest absolute Gasteiger partial charge is 0.242 e. The molecule has 1 fully saturated rings. The highest BCUT2D eigenvalue weighted by molar-refractivity contribution is 7.89. The second-order valence-electron chi connectivity index (χ2n) is 4.85. The molecule has 118 valence electrons. The minimum absolute atomic E-state index is 0.0708. The Morgan fingerprint density at radius 3 is 2.95 bits per heavy atom. The molecule has 2 heterocycles. The zero-order valence-corrected chi connectivity index (χ0v) is 13.5. The predicted molar refractivity (Wildman–Crippen MR) is 82.2 cm³/mol. The molecule has 1 atom stereocenters. The van der Waals surface area contributed by atoms with Gasteiger partial charge in [0.15, 0.2) is 0 Å². The molecule has 21 heavy (non-hydrogen) atoms. The maximum absolute atomic E-state index is 12.2. The average molecular weight is 334 g/mol. The topological polar surface area (TPSA) is 80.3 Å². The number of nitrogens with zero attached hydrogens (tertiary/aromatic N) is 1. The summed E-state index contributed by atoms with van der Waals surface area (Å²) in [5, 5.41) is 3.25. The molecule has 0 aliphatic carbocycles. The number of hydrogen-bond donors (Lipinski definition) is 2. The Balaban J connectivity index is 1.96. The summed E-state index contributed by atoms with van der Waals surface area (Å²) in [6, 6.07) is 1.40. The monoisotopic (exact) mass is 333 g/mol. The summed E-state index contributed by atoms with van der Waals surface area (Å²) < 4.78 is 32.3. The number of ether oxygens (including phenoxy) is 1. The number of aromatic nitrogens is 1. The van der Waals surface area contributed by atoms with E-state index in [1.807, 2.05) is 6.92 Å². The quantitative estimate of drug-likeness (QED) is 0.798. The average Bonchev–Trinajstić information content (AvgIpc) is 2.94. The highest BCUT2D eigenvalue weighted by Gasteiger charge is 2.19. The number of hydrogen-bond acceptors (Lipinski definition) is 5. The van der Waals surface area contributed by atoms with Crippen LogP contribution in [0.25, 0.3) is 0 Å². The Labute approximate surface area is 130 Å². The fourth-order valence-electron chi connectivity index (χ4n) is 2.17. The van der Waals surface area contributed by atoms with Gasteiger partial charge in [0.25, 0.3) is 0 Å². The van der Waals surface area contributed by atoms with Gasteiger partial charge in [0.1, 0.15) is 10.7 Å². The standard InChI is InChI=1S/C13H20ClN3O3S/c1-2-15-13-12(14)8-11(9-16-13)21(18,19)17-6-5-10-4-3-7-20-10/h8-10,17H,2-7H2,1H3,(H,15,16). The van der Waals surface area contributed by atoms with Crippen molar-refractivity contribution in [2.75, 3.05) is 25.0 Å². The molecule has 1 aliphatic heterocycles. The molecule has 8 heteroatoms. The van der Waals surface area contributed by atoms with Crippen molar-refractivity contribution in [1.82, 2.24) is 9.71 Å². The number of rotatable bonds is 7. The fraction of sp³-hybridized carbons (Fsp3) is 0.615. The van der Waals surface area contributed by atoms with Gasteiger partial charge in [-0.3, -0.25) is 0 Å². The van der Waals surface area contributed by atoms with Crippen LogP contribution in [0, 0.1) is 0 Å². The molecule has 1 aromatic rings. The van der Waals surface area contributed by atoms with Gasteiger partial charge >= 0.3 is 0 Å². The number of nitrogens with one attached hydrogen (secondary N) is 2. The Morgan fingerprint density at radius 2 is 2.33 bits per heavy atom. The summed E-state index contributed by atoms with van der Waals surface area (Å²) in [7, 11) is -3.59. The van der Waals surface area contributed by atoms with E-state index in [1.54, 1.807) is 0 Å². The van der Waals surface area contributed by atoms with Crippen LogP contribution in [-0.2, 0) is 14.8 Å². The summed E-state index contributed by atoms with van der Waals surface area (Å²) in [6.07, 6.45) is 4.18. The minimum Gasteiger partial charge on any atom is -0.378 e. The molecule has 1 saturated heterocycles. The first-order valence-electron chi connectivity index (χ1n) is 7.03. The molecule has 0 amide bonds. The first-order valence-corrected chi connectivity index (χ1v) is 8.89. The van der Waals surface area contributed by atoms with Crippen molar-refractivity contribution in [1.29, 1.82) is 0 Å². The molecule has 2 N–H and O–H groups in total. The van der Waals surface area contributed by atoms with E-state index < -0.39 is 10.0 Å². The van der Waals surface area contributed by atoms with Crippen LogP contribution >= 0.6 is 11.6 Å². The van der Waals surface area contributed by atoms with Crippen LogP contribution < -0.4 is 10.0 Å². The van der Waals surface area contributed by atoms with Crippen LogP contribution in [0.1, 0.15) is 26.2 Å². The van der Waals surface area contributed by atoms with Crippen LogP contribution in [0.2, 0.25) is 5.02 Å². The number of halogens is 1. The fourth-order valence-corrected chi connectivity index (χ4v) is 3.49. The van der Waals surface area contributed by atoms with E-state index in [-0.39, 0.29) is 11.0 Å². The van der Waals surface area contributed by atoms with Gasteiger partial charge in [0, 0.05) is 25.9 Å². The maximum Gasteiger partial charge on any atom is 0.242 e. The normalized spacial score (nSPS) is 18.9. The van der Waals surface area contributed by atoms with Gasteiger partial charge in [0.2, 0.25) is 10.0 Å². The van der Waals surface area contributed by atoms with Crippen LogP contribution in [0.4, 0.5) is 5.82 Å². The largest absolute Gasteiger partial charge is 0.378 e. The Hall–Kier alpha value is -0.890. The minimum atomic E-state index is -3.59. The summed E-state index contributed by atoms with van der Waals surface area (Å²) in [5.41, 5.74) is 0. The third kappa shape index (κ3) is 4.54. The van der Waals surface area contributed by atoms with E-state index in [2.05, 4.69) is 15.0 Å². The molecule has 0 radical (unpaired) electrons. The second kappa shape index (κ2) is 7.40. The predicted octanol–water partition coefficient (Wildman–Crippen LogP) is 2.01. The molecule has 1 unspecified atom stereocenters. The van der Waals surface area contributed by atoms with Crippen LogP contribution in [0.5, 0.6) is 0 Å². The van der Waals surface area contributed by atoms with Gasteiger partial charge in [-0.2, -0.15) is 0 Å². The Bertz CT molecular complexity index is 574. The second-order valence-corrected chi connectivity index (χ2v) is 7.03. The summed E-state index contributed by atoms with van der Waals surface area (Å²) in [4.78, 5) is 4.10. The SMILES string of the molecule is CCNc1ncc(S(=O)(=O)NCCC2CCCO2)cc1Cl. The van der Waals surface area contributed by atoms with E-state index in [4.69, 9.17) is 16.3 Å². The number of pyridine rings is 1. The molecule has 2 rings (SSSR count). The van der Waals surface area contributed by atoms with Gasteiger partial charge in [-0.15, -0.1) is 0 Å². The van der Waals surface area contributed by atoms with Crippen LogP contribution in [-0.4, -0.2) is 39.2 Å². The van der Waals surface area contributed by atoms with E-state index in [0.29, 0.717) is 30.4 Å². The van der Waals surface area contributed by atoms with Crippen molar-refractivity contribution < 1.29 is 13.2 Å². The van der Waals surface area contributed by atoms with Crippen molar-refractivity contribution in [2.45, 2.75) is 37.2 Å². The zero-order valence-electron chi connectivity index (χ0n) is 11.9. The van der Waals surface area contributed by atoms with E-state index in [0.717, 1.165) is 19.4 Å². The van der Waals surface area contributed by atoms with Gasteiger partial charge in [-0.05, 0) is 32.3 Å². The van der Waals surface area contributed by atoms with E-state index >= 15 is 0 Å². The lowest BCUT2D eigenvalue weighted by atomic mass is 10.2. The highest BCUT2D eigenvalue weighted by atomic mass is 35.5. The molecule has 1 aromatic heterocycles. The van der Waals surface area contributed by atoms with E-state index in [1.165, 1.54) is 12.3 Å². The molecule has 0 saturated carbocycles. The van der Waals surface area contributed by atoms with Crippen molar-refractivity contribution in [3.05, 3.63) is 17.3 Å². The highest BCUT2D eigenvalue weighted by Crippen LogP contribution is 2.22. The summed E-state index contributed by atoms with van der Waals surface area (Å²) in [5.74, 6) is 0.484. The van der Waals surface area contributed by atoms with E-state index in [9.17, 15) is 8.42 Å². The van der Waals surface area contributed by atoms with Gasteiger partial charge in [0.05, 0.1) is 11.1 Å². The zero-order chi connectivity index (χ0) is 15.3. The lowest BCUT2D eigenvalue weighted by Gasteiger charge is -2.11. The van der Waals surface area contributed by atoms with Gasteiger partial charge < -0.3 is 10.1 Å².